The number of nitrogens with zero attached hydrogens (tertiary/aromatic N) is 1. The van der Waals surface area contributed by atoms with Crippen molar-refractivity contribution in [3.63, 3.8) is 0 Å². The van der Waals surface area contributed by atoms with Gasteiger partial charge in [0.15, 0.2) is 5.17 Å². The summed E-state index contributed by atoms with van der Waals surface area (Å²) in [4.78, 5) is 28.5. The number of carbonyl (C=O) groups is 2. The molecule has 3 rings (SSSR count). The largest absolute Gasteiger partial charge is 0.497 e. The topological polar surface area (TPSA) is 79.8 Å². The van der Waals surface area contributed by atoms with Gasteiger partial charge < -0.3 is 15.4 Å². The molecule has 2 N–H and O–H groups in total. The molecule has 134 valence electrons. The van der Waals surface area contributed by atoms with Crippen molar-refractivity contribution in [3.8, 4) is 5.75 Å². The summed E-state index contributed by atoms with van der Waals surface area (Å²) in [5, 5.41) is 5.19. The predicted octanol–water partition coefficient (Wildman–Crippen LogP) is 3.08. The molecule has 1 fully saturated rings. The van der Waals surface area contributed by atoms with E-state index in [9.17, 15) is 14.0 Å². The lowest BCUT2D eigenvalue weighted by molar-refractivity contribution is -0.122. The summed E-state index contributed by atoms with van der Waals surface area (Å²) < 4.78 is 18.0. The van der Waals surface area contributed by atoms with Gasteiger partial charge in [-0.05, 0) is 48.5 Å². The fourth-order valence-electron chi connectivity index (χ4n) is 2.28. The van der Waals surface area contributed by atoms with Crippen molar-refractivity contribution in [1.29, 1.82) is 0 Å². The van der Waals surface area contributed by atoms with E-state index < -0.39 is 5.25 Å². The van der Waals surface area contributed by atoms with Crippen molar-refractivity contribution in [2.24, 2.45) is 4.99 Å². The molecular weight excluding hydrogens is 357 g/mol. The van der Waals surface area contributed by atoms with Gasteiger partial charge >= 0.3 is 0 Å². The standard InChI is InChI=1S/C18H16FN3O3S/c1-25-14-8-6-13(7-9-14)21-18-22-17(24)15(26-18)10-16(23)20-12-4-2-11(19)3-5-12/h2-9,15H,10H2,1H3,(H,20,23)(H,21,22,24)/t15-/m0/s1. The maximum atomic E-state index is 12.9. The number of rotatable bonds is 5. The Hall–Kier alpha value is -2.87. The van der Waals surface area contributed by atoms with Gasteiger partial charge in [-0.2, -0.15) is 0 Å². The molecule has 2 aromatic rings. The number of hydrogen-bond donors (Lipinski definition) is 2. The van der Waals surface area contributed by atoms with Gasteiger partial charge in [0.1, 0.15) is 16.8 Å². The Morgan fingerprint density at radius 1 is 1.23 bits per heavy atom. The van der Waals surface area contributed by atoms with Crippen molar-refractivity contribution < 1.29 is 18.7 Å². The molecule has 2 amide bonds. The highest BCUT2D eigenvalue weighted by molar-refractivity contribution is 8.15. The zero-order valence-corrected chi connectivity index (χ0v) is 14.7. The number of methoxy groups -OCH3 is 1. The summed E-state index contributed by atoms with van der Waals surface area (Å²) in [6.07, 6.45) is -0.00446. The van der Waals surface area contributed by atoms with Crippen LogP contribution in [-0.2, 0) is 9.59 Å². The molecule has 0 spiro atoms. The number of ether oxygens (including phenoxy) is 1. The Bertz CT molecular complexity index is 838. The second-order valence-corrected chi connectivity index (χ2v) is 6.66. The van der Waals surface area contributed by atoms with Crippen molar-refractivity contribution in [1.82, 2.24) is 5.32 Å². The Morgan fingerprint density at radius 3 is 2.58 bits per heavy atom. The van der Waals surface area contributed by atoms with Crippen LogP contribution in [0.15, 0.2) is 53.5 Å². The van der Waals surface area contributed by atoms with E-state index >= 15 is 0 Å². The lowest BCUT2D eigenvalue weighted by Crippen LogP contribution is -2.28. The number of carbonyl (C=O) groups excluding carboxylic acids is 2. The van der Waals surface area contributed by atoms with E-state index in [2.05, 4.69) is 15.6 Å². The molecule has 0 unspecified atom stereocenters. The first-order valence-electron chi connectivity index (χ1n) is 7.79. The van der Waals surface area contributed by atoms with Gasteiger partial charge in [-0.1, -0.05) is 11.8 Å². The highest BCUT2D eigenvalue weighted by Crippen LogP contribution is 2.26. The first kappa shape index (κ1) is 17.9. The highest BCUT2D eigenvalue weighted by Gasteiger charge is 2.32. The van der Waals surface area contributed by atoms with Crippen LogP contribution in [0.2, 0.25) is 0 Å². The van der Waals surface area contributed by atoms with E-state index in [1.54, 1.807) is 31.4 Å². The van der Waals surface area contributed by atoms with Crippen LogP contribution < -0.4 is 15.4 Å². The number of thioether (sulfide) groups is 1. The first-order valence-corrected chi connectivity index (χ1v) is 8.67. The van der Waals surface area contributed by atoms with Gasteiger partial charge in [-0.3, -0.25) is 9.59 Å². The minimum Gasteiger partial charge on any atom is -0.497 e. The molecule has 0 aromatic heterocycles. The minimum absolute atomic E-state index is 0.00446. The Balaban J connectivity index is 1.59. The molecule has 0 aliphatic carbocycles. The Labute approximate surface area is 153 Å². The van der Waals surface area contributed by atoms with Crippen molar-refractivity contribution >= 4 is 40.1 Å². The summed E-state index contributed by atoms with van der Waals surface area (Å²) in [6, 6.07) is 12.5. The molecule has 0 radical (unpaired) electrons. The summed E-state index contributed by atoms with van der Waals surface area (Å²) >= 11 is 1.20. The maximum absolute atomic E-state index is 12.9. The van der Waals surface area contributed by atoms with Gasteiger partial charge in [0, 0.05) is 12.1 Å². The van der Waals surface area contributed by atoms with Crippen LogP contribution in [0.3, 0.4) is 0 Å². The van der Waals surface area contributed by atoms with E-state index in [-0.39, 0.29) is 24.1 Å². The first-order chi connectivity index (χ1) is 12.5. The minimum atomic E-state index is -0.563. The molecule has 2 aromatic carbocycles. The molecule has 1 aliphatic rings. The van der Waals surface area contributed by atoms with Gasteiger partial charge in [0.2, 0.25) is 11.8 Å². The summed E-state index contributed by atoms with van der Waals surface area (Å²) in [7, 11) is 1.58. The average Bonchev–Trinajstić information content (AvgIpc) is 2.96. The molecule has 1 aliphatic heterocycles. The zero-order valence-electron chi connectivity index (χ0n) is 13.9. The van der Waals surface area contributed by atoms with Crippen LogP contribution in [0.25, 0.3) is 0 Å². The fourth-order valence-corrected chi connectivity index (χ4v) is 3.27. The molecule has 26 heavy (non-hydrogen) atoms. The van der Waals surface area contributed by atoms with Crippen molar-refractivity contribution in [2.75, 3.05) is 12.4 Å². The quantitative estimate of drug-likeness (QED) is 0.844. The van der Waals surface area contributed by atoms with Gasteiger partial charge in [0.25, 0.3) is 0 Å². The summed E-state index contributed by atoms with van der Waals surface area (Å²) in [5.41, 5.74) is 1.15. The monoisotopic (exact) mass is 373 g/mol. The van der Waals surface area contributed by atoms with Crippen molar-refractivity contribution in [2.45, 2.75) is 11.7 Å². The van der Waals surface area contributed by atoms with Gasteiger partial charge in [-0.25, -0.2) is 9.38 Å². The third-order valence-corrected chi connectivity index (χ3v) is 4.66. The van der Waals surface area contributed by atoms with E-state index in [4.69, 9.17) is 4.74 Å². The van der Waals surface area contributed by atoms with Crippen LogP contribution in [-0.4, -0.2) is 29.3 Å². The molecule has 1 atom stereocenters. The number of nitrogens with one attached hydrogen (secondary N) is 2. The number of halogens is 1. The van der Waals surface area contributed by atoms with E-state index in [1.165, 1.54) is 36.0 Å². The number of anilines is 1. The Morgan fingerprint density at radius 2 is 1.92 bits per heavy atom. The number of hydrogen-bond acceptors (Lipinski definition) is 5. The normalized spacial score (nSPS) is 17.8. The molecule has 0 bridgehead atoms. The van der Waals surface area contributed by atoms with Crippen LogP contribution >= 0.6 is 11.8 Å². The molecular formula is C18H16FN3O3S. The second-order valence-electron chi connectivity index (χ2n) is 5.47. The van der Waals surface area contributed by atoms with Crippen LogP contribution in [0.1, 0.15) is 6.42 Å². The van der Waals surface area contributed by atoms with Crippen LogP contribution in [0.5, 0.6) is 5.75 Å². The third-order valence-electron chi connectivity index (χ3n) is 3.58. The van der Waals surface area contributed by atoms with Gasteiger partial charge in [-0.15, -0.1) is 0 Å². The number of benzene rings is 2. The molecule has 1 heterocycles. The number of amides is 2. The average molecular weight is 373 g/mol. The molecule has 6 nitrogen and oxygen atoms in total. The van der Waals surface area contributed by atoms with Crippen LogP contribution in [0.4, 0.5) is 15.8 Å². The smallest absolute Gasteiger partial charge is 0.240 e. The predicted molar refractivity (Wildman–Crippen MR) is 99.3 cm³/mol. The SMILES string of the molecule is COc1ccc(N=C2NC(=O)[C@H](CC(=O)Nc3ccc(F)cc3)S2)cc1. The number of aliphatic imine (C=N–C) groups is 1. The highest BCUT2D eigenvalue weighted by atomic mass is 32.2. The van der Waals surface area contributed by atoms with E-state index in [0.717, 1.165) is 0 Å². The summed E-state index contributed by atoms with van der Waals surface area (Å²) in [6.45, 7) is 0. The van der Waals surface area contributed by atoms with Crippen molar-refractivity contribution in [3.05, 3.63) is 54.3 Å². The lowest BCUT2D eigenvalue weighted by Gasteiger charge is -2.07. The zero-order chi connectivity index (χ0) is 18.5. The second kappa shape index (κ2) is 8.01. The fraction of sp³-hybridized carbons (Fsp3) is 0.167. The van der Waals surface area contributed by atoms with E-state index in [1.807, 2.05) is 0 Å². The third kappa shape index (κ3) is 4.60. The van der Waals surface area contributed by atoms with E-state index in [0.29, 0.717) is 22.3 Å². The maximum Gasteiger partial charge on any atom is 0.240 e. The molecule has 8 heteroatoms. The number of amidine groups is 1. The Kier molecular flexibility index (Phi) is 5.52. The summed E-state index contributed by atoms with van der Waals surface area (Å²) in [5.74, 6) is -0.257. The molecule has 1 saturated heterocycles. The van der Waals surface area contributed by atoms with Gasteiger partial charge in [0.05, 0.1) is 12.8 Å². The lowest BCUT2D eigenvalue weighted by atomic mass is 10.2. The molecule has 0 saturated carbocycles. The van der Waals surface area contributed by atoms with Crippen LogP contribution in [0, 0.1) is 5.82 Å².